The molecule has 0 amide bonds. The van der Waals surface area contributed by atoms with Gasteiger partial charge < -0.3 is 29.5 Å². The Morgan fingerprint density at radius 2 is 0.543 bits per heavy atom. The Balaban J connectivity index is 0.000000283. The summed E-state index contributed by atoms with van der Waals surface area (Å²) < 4.78 is 0. The first-order valence-electron chi connectivity index (χ1n) is 33.6. The molecule has 16 atom stereocenters. The normalized spacial score (nSPS) is 37.4. The maximum atomic E-state index is 7.57. The molecule has 1 N–H and O–H groups in total. The standard InChI is InChI=1S/2C32H48Si.3C3H8.C2H6O.CH3.BrH.Mg/c2*1-19-13-25-23(11-9-21-15-31(3,4)17-27(21)25)29(19)33(7,8)30-20(2)14-26-24(30)12-10-22-16-32(5,6)18-28(22)26;3*1-3-2;1-2-3;;;/h2*9-12,19-20,23-26,29-30H,13-18H2,1-8H3;3*3H2,1-2H3;3H,2H2,1H3;1H3;1H;/q;;;;;;-1;;+2/p-1. The van der Waals surface area contributed by atoms with Gasteiger partial charge in [-0.2, -0.15) is 0 Å². The number of rotatable bonds is 4. The van der Waals surface area contributed by atoms with E-state index in [9.17, 15) is 0 Å². The third-order valence-corrected chi connectivity index (χ3v) is 33.5. The van der Waals surface area contributed by atoms with Crippen LogP contribution < -0.4 is 17.0 Å². The summed E-state index contributed by atoms with van der Waals surface area (Å²) in [5.41, 5.74) is 20.2. The summed E-state index contributed by atoms with van der Waals surface area (Å²) in [5, 5.41) is 7.57. The minimum absolute atomic E-state index is 0. The molecule has 0 radical (unpaired) electrons. The maximum absolute atomic E-state index is 7.57. The van der Waals surface area contributed by atoms with E-state index in [-0.39, 0.29) is 54.1 Å². The van der Waals surface area contributed by atoms with Crippen LogP contribution in [0.5, 0.6) is 0 Å². The summed E-state index contributed by atoms with van der Waals surface area (Å²) in [4.78, 5) is 0. The zero-order valence-electron chi connectivity index (χ0n) is 57.7. The first-order valence-corrected chi connectivity index (χ1v) is 39.9. The molecule has 81 heavy (non-hydrogen) atoms. The topological polar surface area (TPSA) is 20.2 Å². The van der Waals surface area contributed by atoms with Gasteiger partial charge >= 0.3 is 23.1 Å². The van der Waals surface area contributed by atoms with Gasteiger partial charge in [0.2, 0.25) is 0 Å². The Labute approximate surface area is 533 Å². The van der Waals surface area contributed by atoms with E-state index in [0.717, 1.165) is 93.2 Å². The molecule has 12 aliphatic rings. The van der Waals surface area contributed by atoms with Gasteiger partial charge in [-0.3, -0.25) is 0 Å². The second-order valence-electron chi connectivity index (χ2n) is 33.5. The first-order chi connectivity index (χ1) is 36.4. The molecule has 0 aromatic carbocycles. The van der Waals surface area contributed by atoms with Crippen molar-refractivity contribution >= 4 is 39.2 Å². The van der Waals surface area contributed by atoms with E-state index >= 15 is 0 Å². The molecule has 0 spiro atoms. The van der Waals surface area contributed by atoms with Gasteiger partial charge in [0.1, 0.15) is 0 Å². The summed E-state index contributed by atoms with van der Waals surface area (Å²) in [6, 6.07) is 0. The van der Waals surface area contributed by atoms with Crippen LogP contribution in [0.2, 0.25) is 48.4 Å². The summed E-state index contributed by atoms with van der Waals surface area (Å²) in [6.07, 6.45) is 41.5. The quantitative estimate of drug-likeness (QED) is 0.220. The molecule has 0 bridgehead atoms. The second-order valence-corrected chi connectivity index (χ2v) is 43.4. The van der Waals surface area contributed by atoms with Crippen molar-refractivity contribution < 1.29 is 22.1 Å². The van der Waals surface area contributed by atoms with Crippen molar-refractivity contribution in [3.8, 4) is 0 Å². The van der Waals surface area contributed by atoms with Gasteiger partial charge in [-0.1, -0.05) is 241 Å². The van der Waals surface area contributed by atoms with Crippen molar-refractivity contribution in [2.75, 3.05) is 6.61 Å². The van der Waals surface area contributed by atoms with Crippen molar-refractivity contribution in [3.63, 3.8) is 0 Å². The molecule has 12 aliphatic carbocycles. The molecule has 456 valence electrons. The smallest absolute Gasteiger partial charge is 1.00 e. The fraction of sp³-hybridized carbons (Fsp3) is 0.776. The van der Waals surface area contributed by atoms with E-state index in [1.807, 2.05) is 22.3 Å². The van der Waals surface area contributed by atoms with E-state index in [1.165, 1.54) is 96.3 Å². The molecule has 5 heteroatoms. The molecule has 4 saturated carbocycles. The van der Waals surface area contributed by atoms with Crippen LogP contribution in [0.25, 0.3) is 0 Å². The molecule has 16 unspecified atom stereocenters. The fourth-order valence-electron chi connectivity index (χ4n) is 21.5. The van der Waals surface area contributed by atoms with E-state index in [0.29, 0.717) is 21.7 Å². The molecule has 0 aromatic heterocycles. The van der Waals surface area contributed by atoms with Crippen LogP contribution in [0.15, 0.2) is 93.2 Å². The number of aliphatic hydroxyl groups excluding tert-OH is 1. The maximum Gasteiger partial charge on any atom is 2.00 e. The number of hydrogen-bond donors (Lipinski definition) is 1. The van der Waals surface area contributed by atoms with Crippen molar-refractivity contribution in [3.05, 3.63) is 101 Å². The Bertz CT molecular complexity index is 2050. The molecule has 12 rings (SSSR count). The summed E-state index contributed by atoms with van der Waals surface area (Å²) in [7, 11) is -2.97. The average molecular weight is 1220 g/mol. The molecule has 0 saturated heterocycles. The van der Waals surface area contributed by atoms with Gasteiger partial charge in [0.15, 0.2) is 0 Å². The van der Waals surface area contributed by atoms with Crippen LogP contribution in [-0.2, 0) is 0 Å². The van der Waals surface area contributed by atoms with Gasteiger partial charge in [-0.15, -0.1) is 0 Å². The van der Waals surface area contributed by atoms with Crippen molar-refractivity contribution in [2.45, 2.75) is 276 Å². The van der Waals surface area contributed by atoms with Crippen LogP contribution in [0, 0.1) is 100 Å². The summed E-state index contributed by atoms with van der Waals surface area (Å²) in [5.74, 6) is 10.3. The van der Waals surface area contributed by atoms with E-state index in [4.69, 9.17) is 5.11 Å². The summed E-state index contributed by atoms with van der Waals surface area (Å²) in [6.45, 7) is 56.5. The van der Waals surface area contributed by atoms with Crippen LogP contribution in [0.3, 0.4) is 0 Å². The third-order valence-electron chi connectivity index (χ3n) is 22.8. The Morgan fingerprint density at radius 3 is 0.704 bits per heavy atom. The van der Waals surface area contributed by atoms with Crippen molar-refractivity contribution in [1.29, 1.82) is 0 Å². The predicted octanol–water partition coefficient (Wildman–Crippen LogP) is 20.0. The van der Waals surface area contributed by atoms with E-state index in [1.54, 1.807) is 29.2 Å². The zero-order valence-corrected chi connectivity index (χ0v) is 62.7. The van der Waals surface area contributed by atoms with Crippen LogP contribution in [0.4, 0.5) is 0 Å². The molecule has 0 aliphatic heterocycles. The summed E-state index contributed by atoms with van der Waals surface area (Å²) >= 11 is 0. The Kier molecular flexibility index (Phi) is 25.6. The van der Waals surface area contributed by atoms with E-state index < -0.39 is 16.1 Å². The second kappa shape index (κ2) is 28.4. The van der Waals surface area contributed by atoms with E-state index in [2.05, 4.69) is 199 Å². The van der Waals surface area contributed by atoms with Gasteiger partial charge in [0, 0.05) is 6.61 Å². The van der Waals surface area contributed by atoms with Crippen LogP contribution >= 0.6 is 0 Å². The monoisotopic (exact) mass is 1220 g/mol. The van der Waals surface area contributed by atoms with Gasteiger partial charge in [0.05, 0.1) is 16.1 Å². The zero-order chi connectivity index (χ0) is 57.8. The minimum atomic E-state index is -1.49. The number of hydrogen-bond acceptors (Lipinski definition) is 1. The van der Waals surface area contributed by atoms with Crippen LogP contribution in [0.1, 0.15) is 228 Å². The fourth-order valence-corrected chi connectivity index (χ4v) is 34.2. The Hall–Kier alpha value is -0.440. The average Bonchev–Trinajstić information content (AvgIpc) is 4.19. The van der Waals surface area contributed by atoms with Gasteiger partial charge in [0.25, 0.3) is 0 Å². The van der Waals surface area contributed by atoms with Crippen molar-refractivity contribution in [1.82, 2.24) is 0 Å². The van der Waals surface area contributed by atoms with Gasteiger partial charge in [-0.25, -0.2) is 0 Å². The van der Waals surface area contributed by atoms with Gasteiger partial charge in [-0.05, 0) is 221 Å². The predicted molar refractivity (Wildman–Crippen MR) is 363 cm³/mol. The molecular weight excluding hydrogens is 1090 g/mol. The van der Waals surface area contributed by atoms with Crippen LogP contribution in [-0.4, -0.2) is 50.9 Å². The minimum Gasteiger partial charge on any atom is -1.00 e. The number of halogens is 1. The third kappa shape index (κ3) is 14.8. The largest absolute Gasteiger partial charge is 2.00 e. The molecule has 0 heterocycles. The van der Waals surface area contributed by atoms with Crippen molar-refractivity contribution in [2.24, 2.45) is 92.7 Å². The number of aliphatic hydroxyl groups is 1. The molecular formula is C76H129BrMgOSi2. The molecule has 0 aromatic rings. The first kappa shape index (κ1) is 73.0. The molecule has 1 nitrogen and oxygen atoms in total. The SMILES string of the molecule is CC1CC2C3=C(C=CC2C1[Si](C)(C)C1C(C)CC2C4=C(C=CC21)CC(C)(C)C4)CC(C)(C)C3.CC1CC2C3=C(C=CC2C1[Si](C)(C)C1C(C)CC2C4=C(C=CC21)CC(C)(C)C4)CC(C)(C)C3.CCC.CCC.CCC.CCO.[Br-].[CH3-].[Mg+2]. The molecule has 4 fully saturated rings. The number of allylic oxidation sites excluding steroid dienone is 16. The Morgan fingerprint density at radius 1 is 0.383 bits per heavy atom. The number of fused-ring (bicyclic) bond motifs is 8.